The van der Waals surface area contributed by atoms with Gasteiger partial charge >= 0.3 is 0 Å². The van der Waals surface area contributed by atoms with Crippen LogP contribution in [0.25, 0.3) is 5.57 Å². The van der Waals surface area contributed by atoms with E-state index in [0.717, 1.165) is 0 Å². The van der Waals surface area contributed by atoms with Gasteiger partial charge in [-0.05, 0) is 41.0 Å². The fourth-order valence-corrected chi connectivity index (χ4v) is 3.98. The molecule has 33 heavy (non-hydrogen) atoms. The number of methoxy groups -OCH3 is 1. The van der Waals surface area contributed by atoms with Crippen molar-refractivity contribution in [2.24, 2.45) is 0 Å². The standard InChI is InChI=1S/C23H24O10/c1-31-13-5-11-4-12(25)7-14(10-2-3-15(26)16(27)6-10)19(11)17(8-13)32-23-22(30)21(29)20(28)18(9-24)33-23/h2-3,5-8,18,20-24,26-30H,4,9H2,1H3/t18-,20+,21+,22-,23?/m1/s1. The molecule has 0 radical (unpaired) electrons. The van der Waals surface area contributed by atoms with E-state index in [-0.39, 0.29) is 29.5 Å². The molecule has 2 aromatic rings. The first-order valence-corrected chi connectivity index (χ1v) is 10.2. The molecule has 2 aliphatic rings. The summed E-state index contributed by atoms with van der Waals surface area (Å²) in [6, 6.07) is 7.26. The normalized spacial score (nSPS) is 27.0. The SMILES string of the molecule is COc1cc2c(c(OC3O[C@H](CO)[C@H](O)[C@H](O)[C@H]3O)c1)C(c1ccc(O)c(O)c1)=CC(=O)C2. The number of ketones is 1. The highest BCUT2D eigenvalue weighted by atomic mass is 16.7. The summed E-state index contributed by atoms with van der Waals surface area (Å²) in [4.78, 5) is 12.5. The Morgan fingerprint density at radius 2 is 1.79 bits per heavy atom. The molecule has 1 heterocycles. The minimum absolute atomic E-state index is 0.0329. The summed E-state index contributed by atoms with van der Waals surface area (Å²) in [6.45, 7) is -0.618. The van der Waals surface area contributed by atoms with Crippen molar-refractivity contribution in [1.82, 2.24) is 0 Å². The van der Waals surface area contributed by atoms with E-state index in [0.29, 0.717) is 28.0 Å². The molecule has 0 spiro atoms. The summed E-state index contributed by atoms with van der Waals surface area (Å²) in [5.41, 5.74) is 1.81. The largest absolute Gasteiger partial charge is 0.504 e. The highest BCUT2D eigenvalue weighted by molar-refractivity contribution is 6.06. The van der Waals surface area contributed by atoms with Gasteiger partial charge in [0.25, 0.3) is 0 Å². The third kappa shape index (κ3) is 4.26. The van der Waals surface area contributed by atoms with Crippen molar-refractivity contribution >= 4 is 11.4 Å². The van der Waals surface area contributed by atoms with Crippen LogP contribution in [0.3, 0.4) is 0 Å². The number of aromatic hydroxyl groups is 2. The van der Waals surface area contributed by atoms with E-state index in [2.05, 4.69) is 0 Å². The van der Waals surface area contributed by atoms with Crippen molar-refractivity contribution in [3.63, 3.8) is 0 Å². The van der Waals surface area contributed by atoms with E-state index in [1.807, 2.05) is 0 Å². The number of carbonyl (C=O) groups is 1. The summed E-state index contributed by atoms with van der Waals surface area (Å²) in [5, 5.41) is 59.6. The van der Waals surface area contributed by atoms with E-state index in [1.165, 1.54) is 37.5 Å². The lowest BCUT2D eigenvalue weighted by Crippen LogP contribution is -2.60. The maximum absolute atomic E-state index is 12.5. The average molecular weight is 460 g/mol. The molecular weight excluding hydrogens is 436 g/mol. The van der Waals surface area contributed by atoms with Gasteiger partial charge in [-0.1, -0.05) is 6.07 Å². The zero-order valence-corrected chi connectivity index (χ0v) is 17.6. The topological polar surface area (TPSA) is 166 Å². The molecule has 4 rings (SSSR count). The first kappa shape index (κ1) is 23.0. The van der Waals surface area contributed by atoms with Crippen molar-refractivity contribution in [2.75, 3.05) is 13.7 Å². The number of hydrogen-bond acceptors (Lipinski definition) is 10. The van der Waals surface area contributed by atoms with Gasteiger partial charge in [0.2, 0.25) is 6.29 Å². The zero-order chi connectivity index (χ0) is 23.9. The molecule has 1 unspecified atom stereocenters. The maximum atomic E-state index is 12.5. The predicted molar refractivity (Wildman–Crippen MR) is 113 cm³/mol. The quantitative estimate of drug-likeness (QED) is 0.330. The van der Waals surface area contributed by atoms with Gasteiger partial charge in [0.15, 0.2) is 17.3 Å². The van der Waals surface area contributed by atoms with Crippen LogP contribution < -0.4 is 9.47 Å². The Labute approximate surface area is 188 Å². The van der Waals surface area contributed by atoms with Gasteiger partial charge in [-0.25, -0.2) is 0 Å². The lowest BCUT2D eigenvalue weighted by Gasteiger charge is -2.40. The Morgan fingerprint density at radius 1 is 1.03 bits per heavy atom. The summed E-state index contributed by atoms with van der Waals surface area (Å²) in [7, 11) is 1.43. The Bertz CT molecular complexity index is 1090. The molecule has 1 aliphatic heterocycles. The van der Waals surface area contributed by atoms with Crippen LogP contribution in [0.15, 0.2) is 36.4 Å². The molecule has 1 saturated heterocycles. The van der Waals surface area contributed by atoms with Crippen LogP contribution >= 0.6 is 0 Å². The first-order valence-electron chi connectivity index (χ1n) is 10.2. The number of benzene rings is 2. The van der Waals surface area contributed by atoms with Crippen molar-refractivity contribution in [1.29, 1.82) is 0 Å². The number of phenolic OH excluding ortho intramolecular Hbond substituents is 2. The maximum Gasteiger partial charge on any atom is 0.229 e. The summed E-state index contributed by atoms with van der Waals surface area (Å²) >= 11 is 0. The van der Waals surface area contributed by atoms with Gasteiger partial charge in [0.05, 0.1) is 13.7 Å². The number of aliphatic hydroxyl groups excluding tert-OH is 4. The Hall–Kier alpha value is -3.15. The van der Waals surface area contributed by atoms with Crippen LogP contribution in [0.2, 0.25) is 0 Å². The lowest BCUT2D eigenvalue weighted by molar-refractivity contribution is -0.277. The van der Waals surface area contributed by atoms with Crippen molar-refractivity contribution in [3.05, 3.63) is 53.1 Å². The molecular formula is C23H24O10. The lowest BCUT2D eigenvalue weighted by atomic mass is 9.85. The second-order valence-corrected chi connectivity index (χ2v) is 7.88. The molecule has 5 atom stereocenters. The number of ether oxygens (including phenoxy) is 3. The zero-order valence-electron chi connectivity index (χ0n) is 17.6. The molecule has 2 aromatic carbocycles. The third-order valence-corrected chi connectivity index (χ3v) is 5.71. The smallest absolute Gasteiger partial charge is 0.229 e. The number of rotatable bonds is 5. The van der Waals surface area contributed by atoms with E-state index >= 15 is 0 Å². The Morgan fingerprint density at radius 3 is 2.45 bits per heavy atom. The third-order valence-electron chi connectivity index (χ3n) is 5.71. The molecule has 10 heteroatoms. The molecule has 6 N–H and O–H groups in total. The van der Waals surface area contributed by atoms with Gasteiger partial charge in [-0.3, -0.25) is 4.79 Å². The van der Waals surface area contributed by atoms with Crippen LogP contribution in [0, 0.1) is 0 Å². The Balaban J connectivity index is 1.80. The number of aliphatic hydroxyl groups is 4. The number of hydrogen-bond donors (Lipinski definition) is 6. The molecule has 1 aliphatic carbocycles. The molecule has 1 fully saturated rings. The summed E-state index contributed by atoms with van der Waals surface area (Å²) in [6.07, 6.45) is -6.03. The fourth-order valence-electron chi connectivity index (χ4n) is 3.98. The number of carbonyl (C=O) groups excluding carboxylic acids is 1. The second-order valence-electron chi connectivity index (χ2n) is 7.88. The fraction of sp³-hybridized carbons (Fsp3) is 0.348. The molecule has 0 saturated carbocycles. The predicted octanol–water partition coefficient (Wildman–Crippen LogP) is -0.158. The molecule has 0 bridgehead atoms. The van der Waals surface area contributed by atoms with Gasteiger partial charge in [0, 0.05) is 18.1 Å². The molecule has 10 nitrogen and oxygen atoms in total. The Kier molecular flexibility index (Phi) is 6.28. The molecule has 176 valence electrons. The van der Waals surface area contributed by atoms with Crippen LogP contribution in [-0.2, 0) is 16.0 Å². The minimum atomic E-state index is -1.64. The average Bonchev–Trinajstić information content (AvgIpc) is 2.80. The van der Waals surface area contributed by atoms with Gasteiger partial charge in [-0.2, -0.15) is 0 Å². The van der Waals surface area contributed by atoms with E-state index in [4.69, 9.17) is 14.2 Å². The van der Waals surface area contributed by atoms with Gasteiger partial charge < -0.3 is 44.8 Å². The number of fused-ring (bicyclic) bond motifs is 1. The summed E-state index contributed by atoms with van der Waals surface area (Å²) in [5.74, 6) is -0.417. The monoisotopic (exact) mass is 460 g/mol. The highest BCUT2D eigenvalue weighted by Crippen LogP contribution is 2.42. The van der Waals surface area contributed by atoms with E-state index < -0.39 is 37.3 Å². The van der Waals surface area contributed by atoms with Crippen LogP contribution in [0.1, 0.15) is 16.7 Å². The van der Waals surface area contributed by atoms with Crippen LogP contribution in [-0.4, -0.2) is 80.8 Å². The van der Waals surface area contributed by atoms with Crippen molar-refractivity contribution in [2.45, 2.75) is 37.1 Å². The van der Waals surface area contributed by atoms with Crippen molar-refractivity contribution < 1.29 is 49.6 Å². The van der Waals surface area contributed by atoms with Crippen LogP contribution in [0.4, 0.5) is 0 Å². The van der Waals surface area contributed by atoms with E-state index in [1.54, 1.807) is 6.07 Å². The molecule has 0 aromatic heterocycles. The van der Waals surface area contributed by atoms with Crippen molar-refractivity contribution in [3.8, 4) is 23.0 Å². The van der Waals surface area contributed by atoms with Gasteiger partial charge in [0.1, 0.15) is 35.9 Å². The molecule has 0 amide bonds. The van der Waals surface area contributed by atoms with Crippen LogP contribution in [0.5, 0.6) is 23.0 Å². The minimum Gasteiger partial charge on any atom is -0.504 e. The number of phenols is 2. The highest BCUT2D eigenvalue weighted by Gasteiger charge is 2.45. The second kappa shape index (κ2) is 9.00. The number of allylic oxidation sites excluding steroid dienone is 1. The van der Waals surface area contributed by atoms with E-state index in [9.17, 15) is 35.4 Å². The first-order chi connectivity index (χ1) is 15.7. The van der Waals surface area contributed by atoms with Gasteiger partial charge in [-0.15, -0.1) is 0 Å². The summed E-state index contributed by atoms with van der Waals surface area (Å²) < 4.78 is 16.7.